The van der Waals surface area contributed by atoms with Crippen molar-refractivity contribution >= 4 is 0 Å². The molecule has 3 heteroatoms. The zero-order valence-corrected chi connectivity index (χ0v) is 11.2. The predicted octanol–water partition coefficient (Wildman–Crippen LogP) is 2.88. The lowest BCUT2D eigenvalue weighted by Crippen LogP contribution is -2.24. The van der Waals surface area contributed by atoms with Crippen molar-refractivity contribution < 1.29 is 0 Å². The van der Waals surface area contributed by atoms with Crippen molar-refractivity contribution in [2.24, 2.45) is 7.05 Å². The van der Waals surface area contributed by atoms with Gasteiger partial charge < -0.3 is 5.32 Å². The molecule has 94 valence electrons. The summed E-state index contributed by atoms with van der Waals surface area (Å²) in [6, 6.07) is 0.369. The van der Waals surface area contributed by atoms with Gasteiger partial charge in [-0.25, -0.2) is 0 Å². The molecule has 1 aromatic rings. The maximum Gasteiger partial charge on any atom is 0.0569 e. The first-order valence-electron chi connectivity index (χ1n) is 6.64. The average molecular weight is 233 g/mol. The molecule has 1 heterocycles. The minimum atomic E-state index is 0.369. The van der Waals surface area contributed by atoms with Crippen LogP contribution in [0.2, 0.25) is 0 Å². The first-order valence-corrected chi connectivity index (χ1v) is 6.64. The van der Waals surface area contributed by atoms with Gasteiger partial charge in [0.05, 0.1) is 12.2 Å². The van der Waals surface area contributed by atoms with Crippen LogP contribution in [0.1, 0.15) is 49.9 Å². The van der Waals surface area contributed by atoms with Gasteiger partial charge in [0.15, 0.2) is 0 Å². The van der Waals surface area contributed by atoms with Gasteiger partial charge in [-0.15, -0.1) is 0 Å². The highest BCUT2D eigenvalue weighted by atomic mass is 15.3. The number of allylic oxidation sites excluding steroid dienone is 1. The van der Waals surface area contributed by atoms with Crippen molar-refractivity contribution in [2.75, 3.05) is 6.54 Å². The standard InChI is InChI=1S/C14H23N3/c1-4-15-14(12-8-6-5-7-9-12)13-10-16-17(3)11(13)2/h8,10,14-15H,4-7,9H2,1-3H3. The van der Waals surface area contributed by atoms with Crippen LogP contribution in [-0.2, 0) is 7.05 Å². The molecule has 1 aliphatic carbocycles. The Morgan fingerprint density at radius 2 is 2.29 bits per heavy atom. The number of aromatic nitrogens is 2. The van der Waals surface area contributed by atoms with Gasteiger partial charge in [-0.2, -0.15) is 5.10 Å². The number of hydrogen-bond donors (Lipinski definition) is 1. The first kappa shape index (κ1) is 12.4. The Hall–Kier alpha value is -1.09. The lowest BCUT2D eigenvalue weighted by molar-refractivity contribution is 0.561. The predicted molar refractivity (Wildman–Crippen MR) is 70.9 cm³/mol. The summed E-state index contributed by atoms with van der Waals surface area (Å²) in [5, 5.41) is 7.96. The van der Waals surface area contributed by atoms with Crippen LogP contribution in [0.15, 0.2) is 17.8 Å². The SMILES string of the molecule is CCNC(C1=CCCCC1)c1cnn(C)c1C. The molecule has 2 rings (SSSR count). The molecule has 0 amide bonds. The summed E-state index contributed by atoms with van der Waals surface area (Å²) in [5.41, 5.74) is 4.15. The van der Waals surface area contributed by atoms with Gasteiger partial charge in [0, 0.05) is 18.3 Å². The molecule has 3 nitrogen and oxygen atoms in total. The molecule has 0 bridgehead atoms. The molecular formula is C14H23N3. The van der Waals surface area contributed by atoms with Crippen LogP contribution in [0.25, 0.3) is 0 Å². The fourth-order valence-electron chi connectivity index (χ4n) is 2.57. The van der Waals surface area contributed by atoms with E-state index in [0.717, 1.165) is 6.54 Å². The fraction of sp³-hybridized carbons (Fsp3) is 0.643. The van der Waals surface area contributed by atoms with E-state index >= 15 is 0 Å². The van der Waals surface area contributed by atoms with Crippen molar-refractivity contribution in [3.05, 3.63) is 29.1 Å². The summed E-state index contributed by atoms with van der Waals surface area (Å²) in [6.07, 6.45) is 9.56. The maximum atomic E-state index is 4.36. The third-order valence-electron chi connectivity index (χ3n) is 3.69. The van der Waals surface area contributed by atoms with Gasteiger partial charge in [-0.05, 0) is 39.2 Å². The van der Waals surface area contributed by atoms with E-state index in [9.17, 15) is 0 Å². The Balaban J connectivity index is 2.28. The van der Waals surface area contributed by atoms with E-state index in [4.69, 9.17) is 0 Å². The van der Waals surface area contributed by atoms with E-state index in [1.165, 1.54) is 36.9 Å². The molecule has 0 aliphatic heterocycles. The fourth-order valence-corrected chi connectivity index (χ4v) is 2.57. The smallest absolute Gasteiger partial charge is 0.0569 e. The van der Waals surface area contributed by atoms with Crippen molar-refractivity contribution in [2.45, 2.75) is 45.6 Å². The van der Waals surface area contributed by atoms with Crippen LogP contribution < -0.4 is 5.32 Å². The Kier molecular flexibility index (Phi) is 4.00. The summed E-state index contributed by atoms with van der Waals surface area (Å²) >= 11 is 0. The second kappa shape index (κ2) is 5.50. The molecule has 0 saturated heterocycles. The van der Waals surface area contributed by atoms with Crippen molar-refractivity contribution in [1.82, 2.24) is 15.1 Å². The average Bonchev–Trinajstić information content (AvgIpc) is 2.69. The number of aryl methyl sites for hydroxylation is 1. The second-order valence-corrected chi connectivity index (χ2v) is 4.82. The van der Waals surface area contributed by atoms with E-state index in [2.05, 4.69) is 30.3 Å². The lowest BCUT2D eigenvalue weighted by Gasteiger charge is -2.24. The number of hydrogen-bond acceptors (Lipinski definition) is 2. The van der Waals surface area contributed by atoms with Gasteiger partial charge in [0.25, 0.3) is 0 Å². The van der Waals surface area contributed by atoms with Gasteiger partial charge in [0.2, 0.25) is 0 Å². The van der Waals surface area contributed by atoms with Crippen LogP contribution >= 0.6 is 0 Å². The summed E-state index contributed by atoms with van der Waals surface area (Å²) < 4.78 is 1.96. The van der Waals surface area contributed by atoms with Crippen LogP contribution in [0.4, 0.5) is 0 Å². The second-order valence-electron chi connectivity index (χ2n) is 4.82. The Bertz CT molecular complexity index is 404. The summed E-state index contributed by atoms with van der Waals surface area (Å²) in [4.78, 5) is 0. The van der Waals surface area contributed by atoms with Crippen molar-refractivity contribution in [1.29, 1.82) is 0 Å². The molecule has 17 heavy (non-hydrogen) atoms. The van der Waals surface area contributed by atoms with E-state index in [0.29, 0.717) is 6.04 Å². The molecule has 1 unspecified atom stereocenters. The molecule has 1 aliphatic rings. The topological polar surface area (TPSA) is 29.9 Å². The number of likely N-dealkylation sites (N-methyl/N-ethyl adjacent to an activating group) is 1. The number of rotatable bonds is 4. The largest absolute Gasteiger partial charge is 0.307 e. The highest BCUT2D eigenvalue weighted by Crippen LogP contribution is 2.31. The quantitative estimate of drug-likeness (QED) is 0.810. The van der Waals surface area contributed by atoms with Crippen molar-refractivity contribution in [3.8, 4) is 0 Å². The minimum Gasteiger partial charge on any atom is -0.307 e. The van der Waals surface area contributed by atoms with Crippen molar-refractivity contribution in [3.63, 3.8) is 0 Å². The molecule has 1 atom stereocenters. The molecule has 1 aromatic heterocycles. The molecule has 0 aromatic carbocycles. The van der Waals surface area contributed by atoms with Gasteiger partial charge in [-0.1, -0.05) is 18.6 Å². The van der Waals surface area contributed by atoms with Gasteiger partial charge >= 0.3 is 0 Å². The molecule has 0 spiro atoms. The van der Waals surface area contributed by atoms with Crippen LogP contribution in [0.5, 0.6) is 0 Å². The monoisotopic (exact) mass is 233 g/mol. The minimum absolute atomic E-state index is 0.369. The Morgan fingerprint density at radius 3 is 2.82 bits per heavy atom. The molecule has 0 fully saturated rings. The molecule has 0 saturated carbocycles. The maximum absolute atomic E-state index is 4.36. The lowest BCUT2D eigenvalue weighted by atomic mass is 9.90. The van der Waals surface area contributed by atoms with E-state index in [1.54, 1.807) is 5.57 Å². The molecule has 1 N–H and O–H groups in total. The zero-order chi connectivity index (χ0) is 12.3. The Morgan fingerprint density at radius 1 is 1.47 bits per heavy atom. The molecular weight excluding hydrogens is 210 g/mol. The summed E-state index contributed by atoms with van der Waals surface area (Å²) in [5.74, 6) is 0. The highest BCUT2D eigenvalue weighted by Gasteiger charge is 2.20. The van der Waals surface area contributed by atoms with Gasteiger partial charge in [0.1, 0.15) is 0 Å². The summed E-state index contributed by atoms with van der Waals surface area (Å²) in [7, 11) is 2.01. The van der Waals surface area contributed by atoms with E-state index in [-0.39, 0.29) is 0 Å². The van der Waals surface area contributed by atoms with Crippen LogP contribution in [0, 0.1) is 6.92 Å². The van der Waals surface area contributed by atoms with E-state index in [1.807, 2.05) is 17.9 Å². The van der Waals surface area contributed by atoms with Crippen LogP contribution in [-0.4, -0.2) is 16.3 Å². The first-order chi connectivity index (χ1) is 8.24. The number of nitrogens with one attached hydrogen (secondary N) is 1. The van der Waals surface area contributed by atoms with Crippen LogP contribution in [0.3, 0.4) is 0 Å². The summed E-state index contributed by atoms with van der Waals surface area (Å²) in [6.45, 7) is 5.31. The highest BCUT2D eigenvalue weighted by molar-refractivity contribution is 5.30. The Labute approximate surface area is 104 Å². The third kappa shape index (κ3) is 2.60. The third-order valence-corrected chi connectivity index (χ3v) is 3.69. The number of nitrogens with zero attached hydrogens (tertiary/aromatic N) is 2. The van der Waals surface area contributed by atoms with E-state index < -0.39 is 0 Å². The molecule has 0 radical (unpaired) electrons. The van der Waals surface area contributed by atoms with Gasteiger partial charge in [-0.3, -0.25) is 4.68 Å². The normalized spacial score (nSPS) is 17.9. The zero-order valence-electron chi connectivity index (χ0n) is 11.2.